The predicted octanol–water partition coefficient (Wildman–Crippen LogP) is 1.93. The molecule has 4 nitrogen and oxygen atoms in total. The predicted molar refractivity (Wildman–Crippen MR) is 82.1 cm³/mol. The molecule has 6 heteroatoms. The zero-order chi connectivity index (χ0) is 15.2. The van der Waals surface area contributed by atoms with E-state index >= 15 is 0 Å². The van der Waals surface area contributed by atoms with E-state index in [1.165, 1.54) is 0 Å². The minimum Gasteiger partial charge on any atom is -0.396 e. The number of halogens is 1. The van der Waals surface area contributed by atoms with Crippen molar-refractivity contribution in [3.8, 4) is 0 Å². The van der Waals surface area contributed by atoms with E-state index in [4.69, 9.17) is 16.7 Å². The number of benzene rings is 1. The van der Waals surface area contributed by atoms with Crippen LogP contribution in [0.15, 0.2) is 29.2 Å². The molecule has 0 radical (unpaired) electrons. The monoisotopic (exact) mass is 317 g/mol. The van der Waals surface area contributed by atoms with Crippen LogP contribution in [0.25, 0.3) is 0 Å². The van der Waals surface area contributed by atoms with Gasteiger partial charge in [-0.3, -0.25) is 4.79 Å². The van der Waals surface area contributed by atoms with Crippen LogP contribution in [0.3, 0.4) is 0 Å². The van der Waals surface area contributed by atoms with Gasteiger partial charge < -0.3 is 15.5 Å². The minimum atomic E-state index is -1.21. The molecule has 1 aromatic rings. The Morgan fingerprint density at radius 1 is 1.40 bits per heavy atom. The average Bonchev–Trinajstić information content (AvgIpc) is 2.44. The van der Waals surface area contributed by atoms with Crippen LogP contribution in [-0.2, 0) is 4.79 Å². The number of carbonyl (C=O) groups excluding carboxylic acids is 1. The molecule has 0 bridgehead atoms. The highest BCUT2D eigenvalue weighted by Crippen LogP contribution is 2.21. The quantitative estimate of drug-likeness (QED) is 0.531. The van der Waals surface area contributed by atoms with Crippen molar-refractivity contribution < 1.29 is 15.0 Å². The van der Waals surface area contributed by atoms with Gasteiger partial charge in [0.15, 0.2) is 0 Å². The van der Waals surface area contributed by atoms with E-state index in [0.29, 0.717) is 17.3 Å². The van der Waals surface area contributed by atoms with Crippen molar-refractivity contribution in [2.45, 2.75) is 24.8 Å². The van der Waals surface area contributed by atoms with Gasteiger partial charge in [-0.25, -0.2) is 0 Å². The molecule has 1 atom stereocenters. The number of carbonyl (C=O) groups is 1. The summed E-state index contributed by atoms with van der Waals surface area (Å²) in [7, 11) is 0. The summed E-state index contributed by atoms with van der Waals surface area (Å²) < 4.78 is 0. The smallest absolute Gasteiger partial charge is 0.249 e. The highest BCUT2D eigenvalue weighted by Gasteiger charge is 2.32. The van der Waals surface area contributed by atoms with Crippen molar-refractivity contribution >= 4 is 29.3 Å². The van der Waals surface area contributed by atoms with E-state index in [0.717, 1.165) is 4.90 Å². The van der Waals surface area contributed by atoms with E-state index in [-0.39, 0.29) is 6.61 Å². The maximum Gasteiger partial charge on any atom is 0.249 e. The largest absolute Gasteiger partial charge is 0.396 e. The maximum absolute atomic E-state index is 11.7. The Morgan fingerprint density at radius 2 is 2.00 bits per heavy atom. The second kappa shape index (κ2) is 7.88. The average molecular weight is 318 g/mol. The number of hydrogen-bond acceptors (Lipinski definition) is 4. The molecule has 1 rings (SSSR count). The van der Waals surface area contributed by atoms with Crippen LogP contribution in [0.2, 0.25) is 5.02 Å². The van der Waals surface area contributed by atoms with E-state index in [1.807, 2.05) is 24.3 Å². The van der Waals surface area contributed by atoms with Crippen LogP contribution < -0.4 is 5.32 Å². The number of aliphatic hydroxyl groups is 2. The minimum absolute atomic E-state index is 0.249. The van der Waals surface area contributed by atoms with E-state index in [9.17, 15) is 9.90 Å². The molecule has 112 valence electrons. The Balaban J connectivity index is 2.30. The second-order valence-electron chi connectivity index (χ2n) is 5.14. The standard InChI is InChI=1S/C14H20ClNO3S/c1-14(2,9-17)12(18)13(19)16-7-8-20-11-5-3-10(15)4-6-11/h3-6,12,17-18H,7-9H2,1-2H3,(H,16,19). The molecule has 0 aliphatic rings. The number of aliphatic hydroxyl groups excluding tert-OH is 2. The fraction of sp³-hybridized carbons (Fsp3) is 0.500. The Bertz CT molecular complexity index is 437. The first-order valence-corrected chi connectivity index (χ1v) is 7.68. The molecular formula is C14H20ClNO3S. The molecule has 0 aromatic heterocycles. The lowest BCUT2D eigenvalue weighted by atomic mass is 9.87. The zero-order valence-corrected chi connectivity index (χ0v) is 13.2. The van der Waals surface area contributed by atoms with Gasteiger partial charge in [0.25, 0.3) is 0 Å². The topological polar surface area (TPSA) is 69.6 Å². The van der Waals surface area contributed by atoms with Gasteiger partial charge in [-0.1, -0.05) is 25.4 Å². The third-order valence-corrected chi connectivity index (χ3v) is 4.15. The SMILES string of the molecule is CC(C)(CO)C(O)C(=O)NCCSc1ccc(Cl)cc1. The van der Waals surface area contributed by atoms with Crippen LogP contribution >= 0.6 is 23.4 Å². The third kappa shape index (κ3) is 5.32. The molecule has 1 unspecified atom stereocenters. The van der Waals surface area contributed by atoms with Gasteiger partial charge in [0.1, 0.15) is 6.10 Å². The number of nitrogens with one attached hydrogen (secondary N) is 1. The fourth-order valence-corrected chi connectivity index (χ4v) is 2.31. The summed E-state index contributed by atoms with van der Waals surface area (Å²) in [6, 6.07) is 7.46. The summed E-state index contributed by atoms with van der Waals surface area (Å²) in [6.07, 6.45) is -1.21. The van der Waals surface area contributed by atoms with Crippen LogP contribution in [-0.4, -0.2) is 41.1 Å². The van der Waals surface area contributed by atoms with Crippen LogP contribution in [0.5, 0.6) is 0 Å². The van der Waals surface area contributed by atoms with Gasteiger partial charge in [0.2, 0.25) is 5.91 Å². The van der Waals surface area contributed by atoms with Gasteiger partial charge in [-0.15, -0.1) is 11.8 Å². The van der Waals surface area contributed by atoms with Gasteiger partial charge in [-0.05, 0) is 24.3 Å². The third-order valence-electron chi connectivity index (χ3n) is 2.88. The Hall–Kier alpha value is -0.750. The number of thioether (sulfide) groups is 1. The summed E-state index contributed by atoms with van der Waals surface area (Å²) in [5.41, 5.74) is -0.840. The molecule has 1 amide bonds. The summed E-state index contributed by atoms with van der Waals surface area (Å²) in [5.74, 6) is 0.236. The lowest BCUT2D eigenvalue weighted by Crippen LogP contribution is -2.46. The Morgan fingerprint density at radius 3 is 2.55 bits per heavy atom. The lowest BCUT2D eigenvalue weighted by molar-refractivity contribution is -0.136. The fourth-order valence-electron chi connectivity index (χ4n) is 1.41. The van der Waals surface area contributed by atoms with Crippen LogP contribution in [0, 0.1) is 5.41 Å². The molecule has 0 saturated carbocycles. The molecule has 0 spiro atoms. The van der Waals surface area contributed by atoms with Crippen molar-refractivity contribution in [3.63, 3.8) is 0 Å². The summed E-state index contributed by atoms with van der Waals surface area (Å²) in [6.45, 7) is 3.48. The van der Waals surface area contributed by atoms with Gasteiger partial charge >= 0.3 is 0 Å². The summed E-state index contributed by atoms with van der Waals surface area (Å²) in [5, 5.41) is 22.2. The van der Waals surface area contributed by atoms with E-state index in [1.54, 1.807) is 25.6 Å². The highest BCUT2D eigenvalue weighted by atomic mass is 35.5. The molecule has 3 N–H and O–H groups in total. The molecule has 0 saturated heterocycles. The first kappa shape index (κ1) is 17.3. The number of rotatable bonds is 7. The normalized spacial score (nSPS) is 13.1. The van der Waals surface area contributed by atoms with Crippen molar-refractivity contribution in [2.24, 2.45) is 5.41 Å². The summed E-state index contributed by atoms with van der Waals surface area (Å²) >= 11 is 7.38. The highest BCUT2D eigenvalue weighted by molar-refractivity contribution is 7.99. The maximum atomic E-state index is 11.7. The van der Waals surface area contributed by atoms with Gasteiger partial charge in [-0.2, -0.15) is 0 Å². The van der Waals surface area contributed by atoms with Crippen molar-refractivity contribution in [2.75, 3.05) is 18.9 Å². The molecule has 0 fully saturated rings. The summed E-state index contributed by atoms with van der Waals surface area (Å²) in [4.78, 5) is 12.8. The first-order chi connectivity index (χ1) is 9.36. The van der Waals surface area contributed by atoms with E-state index < -0.39 is 17.4 Å². The Kier molecular flexibility index (Phi) is 6.82. The number of amides is 1. The molecular weight excluding hydrogens is 298 g/mol. The molecule has 0 aliphatic heterocycles. The molecule has 20 heavy (non-hydrogen) atoms. The van der Waals surface area contributed by atoms with Crippen LogP contribution in [0.4, 0.5) is 0 Å². The molecule has 0 aliphatic carbocycles. The Labute approximate surface area is 128 Å². The number of hydrogen-bond donors (Lipinski definition) is 3. The van der Waals surface area contributed by atoms with Gasteiger partial charge in [0, 0.05) is 27.6 Å². The van der Waals surface area contributed by atoms with Gasteiger partial charge in [0.05, 0.1) is 6.61 Å². The molecule has 0 heterocycles. The van der Waals surface area contributed by atoms with Crippen LogP contribution in [0.1, 0.15) is 13.8 Å². The van der Waals surface area contributed by atoms with Crippen molar-refractivity contribution in [1.29, 1.82) is 0 Å². The first-order valence-electron chi connectivity index (χ1n) is 6.32. The second-order valence-corrected chi connectivity index (χ2v) is 6.75. The lowest BCUT2D eigenvalue weighted by Gasteiger charge is -2.27. The zero-order valence-electron chi connectivity index (χ0n) is 11.6. The van der Waals surface area contributed by atoms with E-state index in [2.05, 4.69) is 5.32 Å². The van der Waals surface area contributed by atoms with Crippen molar-refractivity contribution in [3.05, 3.63) is 29.3 Å². The van der Waals surface area contributed by atoms with Crippen molar-refractivity contribution in [1.82, 2.24) is 5.32 Å². The molecule has 1 aromatic carbocycles.